The molecular formula is C25H29Br2N5O4. The fraction of sp³-hybridized carbons (Fsp3) is 0.480. The van der Waals surface area contributed by atoms with Gasteiger partial charge in [-0.15, -0.1) is 0 Å². The first-order valence-corrected chi connectivity index (χ1v) is 13.6. The molecular weight excluding hydrogens is 594 g/mol. The summed E-state index contributed by atoms with van der Waals surface area (Å²) >= 11 is 6.70. The Balaban J connectivity index is 1.61. The number of rotatable bonds is 5. The van der Waals surface area contributed by atoms with Gasteiger partial charge in [0.05, 0.1) is 16.1 Å². The lowest BCUT2D eigenvalue weighted by molar-refractivity contribution is -0.384. The molecule has 2 aromatic rings. The predicted octanol–water partition coefficient (Wildman–Crippen LogP) is 5.35. The average Bonchev–Trinajstić information content (AvgIpc) is 2.83. The number of hydrogen-bond acceptors (Lipinski definition) is 6. The van der Waals surface area contributed by atoms with Gasteiger partial charge in [-0.1, -0.05) is 29.8 Å². The molecule has 0 radical (unpaired) electrons. The van der Waals surface area contributed by atoms with Crippen molar-refractivity contribution in [1.29, 1.82) is 0 Å². The van der Waals surface area contributed by atoms with Crippen LogP contribution in [0, 0.1) is 22.0 Å². The number of nitrogens with one attached hydrogen (secondary N) is 1. The van der Waals surface area contributed by atoms with Crippen LogP contribution in [0.5, 0.6) is 0 Å². The first-order valence-electron chi connectivity index (χ1n) is 12.1. The highest BCUT2D eigenvalue weighted by molar-refractivity contribution is 9.10. The summed E-state index contributed by atoms with van der Waals surface area (Å²) in [4.78, 5) is 45.9. The van der Waals surface area contributed by atoms with Crippen molar-refractivity contribution in [3.63, 3.8) is 0 Å². The number of halogens is 2. The first-order chi connectivity index (χ1) is 17.1. The third-order valence-electron chi connectivity index (χ3n) is 6.67. The molecule has 11 heteroatoms. The molecule has 3 heterocycles. The van der Waals surface area contributed by atoms with Gasteiger partial charge in [-0.05, 0) is 59.2 Å². The van der Waals surface area contributed by atoms with Crippen molar-refractivity contribution >= 4 is 55.0 Å². The van der Waals surface area contributed by atoms with Crippen molar-refractivity contribution in [1.82, 2.24) is 14.8 Å². The predicted molar refractivity (Wildman–Crippen MR) is 144 cm³/mol. The highest BCUT2D eigenvalue weighted by atomic mass is 79.9. The molecule has 1 N–H and O–H groups in total. The summed E-state index contributed by atoms with van der Waals surface area (Å²) in [7, 11) is 0. The van der Waals surface area contributed by atoms with E-state index in [4.69, 9.17) is 0 Å². The quantitative estimate of drug-likeness (QED) is 0.356. The van der Waals surface area contributed by atoms with Crippen LogP contribution in [-0.4, -0.2) is 63.7 Å². The maximum Gasteiger partial charge on any atom is 0.294 e. The van der Waals surface area contributed by atoms with Gasteiger partial charge in [0.2, 0.25) is 0 Å². The Morgan fingerprint density at radius 2 is 1.75 bits per heavy atom. The Hall–Kier alpha value is -2.53. The summed E-state index contributed by atoms with van der Waals surface area (Å²) in [5.74, 6) is 0.362. The number of likely N-dealkylation sites (tertiary alicyclic amines) is 2. The molecule has 0 spiro atoms. The minimum absolute atomic E-state index is 0.145. The van der Waals surface area contributed by atoms with Gasteiger partial charge >= 0.3 is 0 Å². The summed E-state index contributed by atoms with van der Waals surface area (Å²) in [6, 6.07) is 4.55. The molecule has 2 amide bonds. The molecule has 1 aromatic heterocycles. The number of nitrogens with zero attached hydrogens (tertiary/aromatic N) is 4. The van der Waals surface area contributed by atoms with Gasteiger partial charge in [0.15, 0.2) is 0 Å². The second-order valence-corrected chi connectivity index (χ2v) is 11.7. The van der Waals surface area contributed by atoms with E-state index in [1.165, 1.54) is 12.3 Å². The van der Waals surface area contributed by atoms with E-state index in [-0.39, 0.29) is 34.8 Å². The standard InChI is InChI=1S/C25H29Br2N5O4/c1-15-6-16(2)13-31(12-15)25(34)21-8-18(26)9-22(32(35)36)23(21)29-20-4-3-5-30(14-20)24(33)17-7-19(27)11-28-10-17/h7-11,15-16,20,29H,3-6,12-14H2,1-2H3/t15-,16+,20-/m1/s1. The van der Waals surface area contributed by atoms with E-state index in [1.807, 2.05) is 0 Å². The number of hydrogen-bond donors (Lipinski definition) is 1. The van der Waals surface area contributed by atoms with E-state index in [0.29, 0.717) is 48.1 Å². The molecule has 36 heavy (non-hydrogen) atoms. The fourth-order valence-electron chi connectivity index (χ4n) is 5.25. The monoisotopic (exact) mass is 621 g/mol. The van der Waals surface area contributed by atoms with Gasteiger partial charge in [0.25, 0.3) is 17.5 Å². The molecule has 0 saturated carbocycles. The topological polar surface area (TPSA) is 109 Å². The van der Waals surface area contributed by atoms with E-state index < -0.39 is 4.92 Å². The second kappa shape index (κ2) is 11.2. The molecule has 2 fully saturated rings. The van der Waals surface area contributed by atoms with Crippen LogP contribution in [0.15, 0.2) is 39.5 Å². The fourth-order valence-corrected chi connectivity index (χ4v) is 6.06. The SMILES string of the molecule is C[C@@H]1C[C@H](C)CN(C(=O)c2cc(Br)cc([N+](=O)[O-])c2N[C@@H]2CCCN(C(=O)c3cncc(Br)c3)C2)C1. The van der Waals surface area contributed by atoms with Crippen molar-refractivity contribution in [3.8, 4) is 0 Å². The van der Waals surface area contributed by atoms with E-state index in [2.05, 4.69) is 56.0 Å². The molecule has 9 nitrogen and oxygen atoms in total. The summed E-state index contributed by atoms with van der Waals surface area (Å²) in [6.07, 6.45) is 5.65. The van der Waals surface area contributed by atoms with Crippen LogP contribution in [-0.2, 0) is 0 Å². The number of amides is 2. The molecule has 2 aliphatic heterocycles. The minimum Gasteiger partial charge on any atom is -0.374 e. The zero-order valence-electron chi connectivity index (χ0n) is 20.2. The average molecular weight is 623 g/mol. The van der Waals surface area contributed by atoms with Crippen molar-refractivity contribution in [2.75, 3.05) is 31.5 Å². The normalized spacial score (nSPS) is 22.3. The van der Waals surface area contributed by atoms with Gasteiger partial charge in [-0.3, -0.25) is 24.7 Å². The van der Waals surface area contributed by atoms with Gasteiger partial charge in [0, 0.05) is 59.6 Å². The number of benzene rings is 1. The molecule has 2 aliphatic rings. The van der Waals surface area contributed by atoms with E-state index in [1.54, 1.807) is 28.1 Å². The number of nitro groups is 1. The van der Waals surface area contributed by atoms with E-state index in [0.717, 1.165) is 23.7 Å². The highest BCUT2D eigenvalue weighted by Crippen LogP contribution is 2.36. The van der Waals surface area contributed by atoms with Gasteiger partial charge < -0.3 is 15.1 Å². The minimum atomic E-state index is -0.468. The number of piperidine rings is 2. The summed E-state index contributed by atoms with van der Waals surface area (Å²) in [5.41, 5.74) is 0.800. The van der Waals surface area contributed by atoms with Crippen LogP contribution >= 0.6 is 31.9 Å². The molecule has 0 aliphatic carbocycles. The van der Waals surface area contributed by atoms with Crippen molar-refractivity contribution in [3.05, 3.63) is 60.8 Å². The molecule has 192 valence electrons. The molecule has 0 unspecified atom stereocenters. The molecule has 2 saturated heterocycles. The summed E-state index contributed by atoms with van der Waals surface area (Å²) in [5, 5.41) is 15.3. The van der Waals surface area contributed by atoms with Crippen molar-refractivity contribution in [2.24, 2.45) is 11.8 Å². The van der Waals surface area contributed by atoms with Crippen LogP contribution in [0.4, 0.5) is 11.4 Å². The third-order valence-corrected chi connectivity index (χ3v) is 7.57. The van der Waals surface area contributed by atoms with E-state index >= 15 is 0 Å². The third kappa shape index (κ3) is 6.05. The maximum atomic E-state index is 13.6. The molecule has 1 aromatic carbocycles. The number of nitro benzene ring substituents is 1. The van der Waals surface area contributed by atoms with Gasteiger partial charge in [0.1, 0.15) is 5.69 Å². The van der Waals surface area contributed by atoms with Crippen LogP contribution in [0.3, 0.4) is 0 Å². The lowest BCUT2D eigenvalue weighted by Crippen LogP contribution is -2.46. The zero-order valence-corrected chi connectivity index (χ0v) is 23.4. The van der Waals surface area contributed by atoms with Crippen LogP contribution < -0.4 is 5.32 Å². The molecule has 3 atom stereocenters. The van der Waals surface area contributed by atoms with Crippen LogP contribution in [0.1, 0.15) is 53.8 Å². The Morgan fingerprint density at radius 3 is 2.42 bits per heavy atom. The second-order valence-electron chi connectivity index (χ2n) is 9.89. The van der Waals surface area contributed by atoms with Crippen LogP contribution in [0.25, 0.3) is 0 Å². The Kier molecular flexibility index (Phi) is 8.29. The van der Waals surface area contributed by atoms with Crippen molar-refractivity contribution in [2.45, 2.75) is 39.2 Å². The Bertz CT molecular complexity index is 1170. The number of carbonyl (C=O) groups excluding carboxylic acids is 2. The molecule has 0 bridgehead atoms. The molecule has 4 rings (SSSR count). The van der Waals surface area contributed by atoms with E-state index in [9.17, 15) is 19.7 Å². The highest BCUT2D eigenvalue weighted by Gasteiger charge is 2.33. The summed E-state index contributed by atoms with van der Waals surface area (Å²) < 4.78 is 1.19. The van der Waals surface area contributed by atoms with Gasteiger partial charge in [-0.2, -0.15) is 0 Å². The largest absolute Gasteiger partial charge is 0.374 e. The number of aromatic nitrogens is 1. The van der Waals surface area contributed by atoms with Crippen molar-refractivity contribution < 1.29 is 14.5 Å². The number of anilines is 1. The first kappa shape index (κ1) is 26.5. The Labute approximate surface area is 227 Å². The zero-order chi connectivity index (χ0) is 26.0. The lowest BCUT2D eigenvalue weighted by Gasteiger charge is -2.36. The lowest BCUT2D eigenvalue weighted by atomic mass is 9.91. The van der Waals surface area contributed by atoms with Gasteiger partial charge in [-0.25, -0.2) is 0 Å². The number of pyridine rings is 1. The van der Waals surface area contributed by atoms with Crippen LogP contribution in [0.2, 0.25) is 0 Å². The smallest absolute Gasteiger partial charge is 0.294 e. The Morgan fingerprint density at radius 1 is 1.03 bits per heavy atom. The summed E-state index contributed by atoms with van der Waals surface area (Å²) in [6.45, 7) is 6.43. The maximum absolute atomic E-state index is 13.6. The number of carbonyl (C=O) groups is 2.